The molecule has 2 aromatic heterocycles. The van der Waals surface area contributed by atoms with Gasteiger partial charge in [0.05, 0.1) is 7.11 Å². The number of hydrogen-bond donors (Lipinski definition) is 1. The number of methoxy groups -OCH3 is 1. The molecule has 4 heteroatoms. The zero-order valence-corrected chi connectivity index (χ0v) is 12.7. The summed E-state index contributed by atoms with van der Waals surface area (Å²) in [6.45, 7) is 0. The number of nitrogens with zero attached hydrogens (tertiary/aromatic N) is 2. The van der Waals surface area contributed by atoms with Crippen molar-refractivity contribution in [2.24, 2.45) is 0 Å². The van der Waals surface area contributed by atoms with E-state index in [1.54, 1.807) is 13.3 Å². The molecular weight excluding hydrogens is 286 g/mol. The van der Waals surface area contributed by atoms with Crippen molar-refractivity contribution in [1.82, 2.24) is 15.0 Å². The summed E-state index contributed by atoms with van der Waals surface area (Å²) in [4.78, 5) is 12.5. The first kappa shape index (κ1) is 13.5. The standard InChI is InChI=1S/C19H15N3O/c1-23-15-9-7-13(8-10-15)16-11-12-20-19-17(16)21-18(22-19)14-5-3-2-4-6-14/h2-12H,1H3,(H,20,21,22). The van der Waals surface area contributed by atoms with Crippen molar-refractivity contribution < 1.29 is 4.74 Å². The quantitative estimate of drug-likeness (QED) is 0.614. The lowest BCUT2D eigenvalue weighted by atomic mass is 10.1. The van der Waals surface area contributed by atoms with E-state index in [1.165, 1.54) is 0 Å². The predicted molar refractivity (Wildman–Crippen MR) is 91.3 cm³/mol. The van der Waals surface area contributed by atoms with Gasteiger partial charge in [0.15, 0.2) is 5.65 Å². The summed E-state index contributed by atoms with van der Waals surface area (Å²) >= 11 is 0. The van der Waals surface area contributed by atoms with Crippen molar-refractivity contribution in [3.63, 3.8) is 0 Å². The molecule has 4 aromatic rings. The van der Waals surface area contributed by atoms with E-state index in [1.807, 2.05) is 60.7 Å². The summed E-state index contributed by atoms with van der Waals surface area (Å²) in [5.74, 6) is 1.67. The molecule has 0 unspecified atom stereocenters. The Bertz CT molecular complexity index is 943. The van der Waals surface area contributed by atoms with Gasteiger partial charge < -0.3 is 9.72 Å². The predicted octanol–water partition coefficient (Wildman–Crippen LogP) is 4.30. The molecule has 112 valence electrons. The summed E-state index contributed by atoms with van der Waals surface area (Å²) < 4.78 is 5.22. The Hall–Kier alpha value is -3.14. The number of imidazole rings is 1. The molecule has 0 bridgehead atoms. The van der Waals surface area contributed by atoms with Gasteiger partial charge in [-0.1, -0.05) is 42.5 Å². The van der Waals surface area contributed by atoms with Crippen LogP contribution in [-0.2, 0) is 0 Å². The molecule has 0 saturated carbocycles. The second kappa shape index (κ2) is 5.57. The normalized spacial score (nSPS) is 10.8. The van der Waals surface area contributed by atoms with Crippen LogP contribution in [0.15, 0.2) is 66.9 Å². The van der Waals surface area contributed by atoms with Crippen molar-refractivity contribution in [2.75, 3.05) is 7.11 Å². The van der Waals surface area contributed by atoms with Gasteiger partial charge in [0, 0.05) is 17.3 Å². The summed E-state index contributed by atoms with van der Waals surface area (Å²) in [5, 5.41) is 0. The van der Waals surface area contributed by atoms with Crippen LogP contribution in [0, 0.1) is 0 Å². The highest BCUT2D eigenvalue weighted by Crippen LogP contribution is 2.29. The molecule has 4 nitrogen and oxygen atoms in total. The number of benzene rings is 2. The number of pyridine rings is 1. The number of rotatable bonds is 3. The van der Waals surface area contributed by atoms with Gasteiger partial charge in [0.25, 0.3) is 0 Å². The Kier molecular flexibility index (Phi) is 3.27. The second-order valence-electron chi connectivity index (χ2n) is 5.24. The Morgan fingerprint density at radius 3 is 2.39 bits per heavy atom. The van der Waals surface area contributed by atoms with E-state index in [0.717, 1.165) is 39.4 Å². The number of aromatic amines is 1. The Labute approximate surface area is 133 Å². The van der Waals surface area contributed by atoms with Gasteiger partial charge in [0.2, 0.25) is 0 Å². The number of hydrogen-bond acceptors (Lipinski definition) is 3. The first-order valence-electron chi connectivity index (χ1n) is 7.40. The van der Waals surface area contributed by atoms with Crippen LogP contribution in [-0.4, -0.2) is 22.1 Å². The number of ether oxygens (including phenoxy) is 1. The Morgan fingerprint density at radius 1 is 0.870 bits per heavy atom. The second-order valence-corrected chi connectivity index (χ2v) is 5.24. The molecule has 0 spiro atoms. The van der Waals surface area contributed by atoms with Gasteiger partial charge >= 0.3 is 0 Å². The van der Waals surface area contributed by atoms with Crippen LogP contribution in [0.25, 0.3) is 33.7 Å². The lowest BCUT2D eigenvalue weighted by Crippen LogP contribution is -1.85. The van der Waals surface area contributed by atoms with Crippen LogP contribution in [0.1, 0.15) is 0 Å². The molecule has 2 heterocycles. The van der Waals surface area contributed by atoms with Crippen molar-refractivity contribution >= 4 is 11.2 Å². The van der Waals surface area contributed by atoms with E-state index in [-0.39, 0.29) is 0 Å². The van der Waals surface area contributed by atoms with E-state index in [2.05, 4.69) is 9.97 Å². The number of fused-ring (bicyclic) bond motifs is 1. The highest BCUT2D eigenvalue weighted by Gasteiger charge is 2.11. The molecule has 2 aromatic carbocycles. The molecule has 1 N–H and O–H groups in total. The van der Waals surface area contributed by atoms with Gasteiger partial charge in [-0.25, -0.2) is 9.97 Å². The summed E-state index contributed by atoms with van der Waals surface area (Å²) in [6.07, 6.45) is 1.80. The van der Waals surface area contributed by atoms with E-state index in [0.29, 0.717) is 0 Å². The molecular formula is C19H15N3O. The maximum atomic E-state index is 5.22. The zero-order valence-electron chi connectivity index (χ0n) is 12.7. The third-order valence-corrected chi connectivity index (χ3v) is 3.83. The number of aromatic nitrogens is 3. The smallest absolute Gasteiger partial charge is 0.158 e. The molecule has 4 rings (SSSR count). The van der Waals surface area contributed by atoms with Gasteiger partial charge in [-0.05, 0) is 23.8 Å². The minimum absolute atomic E-state index is 0.789. The summed E-state index contributed by atoms with van der Waals surface area (Å²) in [7, 11) is 1.67. The van der Waals surface area contributed by atoms with Crippen LogP contribution >= 0.6 is 0 Å². The zero-order chi connectivity index (χ0) is 15.6. The van der Waals surface area contributed by atoms with Crippen molar-refractivity contribution in [3.8, 4) is 28.3 Å². The molecule has 0 aliphatic heterocycles. The Morgan fingerprint density at radius 2 is 1.65 bits per heavy atom. The molecule has 0 saturated heterocycles. The Balaban J connectivity index is 1.85. The molecule has 0 amide bonds. The van der Waals surface area contributed by atoms with Crippen molar-refractivity contribution in [2.45, 2.75) is 0 Å². The number of H-pyrrole nitrogens is 1. The maximum absolute atomic E-state index is 5.22. The molecule has 0 aliphatic carbocycles. The van der Waals surface area contributed by atoms with Gasteiger partial charge in [0.1, 0.15) is 17.1 Å². The fourth-order valence-electron chi connectivity index (χ4n) is 2.65. The topological polar surface area (TPSA) is 50.8 Å². The fourth-order valence-corrected chi connectivity index (χ4v) is 2.65. The number of nitrogens with one attached hydrogen (secondary N) is 1. The highest BCUT2D eigenvalue weighted by atomic mass is 16.5. The van der Waals surface area contributed by atoms with Crippen molar-refractivity contribution in [3.05, 3.63) is 66.9 Å². The van der Waals surface area contributed by atoms with Crippen molar-refractivity contribution in [1.29, 1.82) is 0 Å². The molecule has 23 heavy (non-hydrogen) atoms. The highest BCUT2D eigenvalue weighted by molar-refractivity contribution is 5.91. The minimum Gasteiger partial charge on any atom is -0.497 e. The third-order valence-electron chi connectivity index (χ3n) is 3.83. The summed E-state index contributed by atoms with van der Waals surface area (Å²) in [5.41, 5.74) is 4.85. The third kappa shape index (κ3) is 2.44. The fraction of sp³-hybridized carbons (Fsp3) is 0.0526. The average molecular weight is 301 g/mol. The summed E-state index contributed by atoms with van der Waals surface area (Å²) in [6, 6.07) is 20.0. The van der Waals surface area contributed by atoms with Crippen LogP contribution < -0.4 is 4.74 Å². The largest absolute Gasteiger partial charge is 0.497 e. The lowest BCUT2D eigenvalue weighted by molar-refractivity contribution is 0.415. The van der Waals surface area contributed by atoms with Crippen LogP contribution in [0.3, 0.4) is 0 Å². The monoisotopic (exact) mass is 301 g/mol. The van der Waals surface area contributed by atoms with E-state index >= 15 is 0 Å². The molecule has 0 atom stereocenters. The first-order valence-corrected chi connectivity index (χ1v) is 7.40. The average Bonchev–Trinajstić information content (AvgIpc) is 3.07. The van der Waals surface area contributed by atoms with E-state index in [4.69, 9.17) is 9.72 Å². The molecule has 0 fully saturated rings. The first-order chi connectivity index (χ1) is 11.3. The van der Waals surface area contributed by atoms with Gasteiger partial charge in [-0.2, -0.15) is 0 Å². The van der Waals surface area contributed by atoms with Crippen LogP contribution in [0.5, 0.6) is 5.75 Å². The SMILES string of the molecule is COc1ccc(-c2ccnc3[nH]c(-c4ccccc4)nc23)cc1. The van der Waals surface area contributed by atoms with Gasteiger partial charge in [-0.3, -0.25) is 0 Å². The molecule has 0 radical (unpaired) electrons. The maximum Gasteiger partial charge on any atom is 0.158 e. The van der Waals surface area contributed by atoms with Gasteiger partial charge in [-0.15, -0.1) is 0 Å². The van der Waals surface area contributed by atoms with Crippen LogP contribution in [0.4, 0.5) is 0 Å². The minimum atomic E-state index is 0.789. The van der Waals surface area contributed by atoms with E-state index in [9.17, 15) is 0 Å². The van der Waals surface area contributed by atoms with Crippen LogP contribution in [0.2, 0.25) is 0 Å². The lowest BCUT2D eigenvalue weighted by Gasteiger charge is -2.04. The van der Waals surface area contributed by atoms with E-state index < -0.39 is 0 Å². The molecule has 0 aliphatic rings.